The monoisotopic (exact) mass is 442 g/mol. The molecule has 2 heterocycles. The second kappa shape index (κ2) is 7.48. The van der Waals surface area contributed by atoms with Crippen LogP contribution >= 0.6 is 50.5 Å². The van der Waals surface area contributed by atoms with Crippen LogP contribution < -0.4 is 5.43 Å². The second-order valence-corrected chi connectivity index (χ2v) is 7.94. The minimum absolute atomic E-state index is 0.244. The third kappa shape index (κ3) is 4.05. The zero-order valence-electron chi connectivity index (χ0n) is 11.9. The van der Waals surface area contributed by atoms with E-state index < -0.39 is 5.91 Å². The lowest BCUT2D eigenvalue weighted by molar-refractivity contribution is 0.0950. The summed E-state index contributed by atoms with van der Waals surface area (Å²) in [6.45, 7) is 0. The SMILES string of the molecule is O=C(N/N=C/c1ccc(Cl)cc1Cl)c1cc(-c2ccc(Br)s2)[nH]n1. The molecule has 0 aliphatic rings. The molecule has 1 aromatic carbocycles. The van der Waals surface area contributed by atoms with Crippen LogP contribution in [-0.4, -0.2) is 22.3 Å². The summed E-state index contributed by atoms with van der Waals surface area (Å²) < 4.78 is 1.00. The summed E-state index contributed by atoms with van der Waals surface area (Å²) >= 11 is 16.8. The number of benzene rings is 1. The first-order chi connectivity index (χ1) is 11.5. The van der Waals surface area contributed by atoms with Crippen LogP contribution in [0.15, 0.2) is 45.3 Å². The molecule has 0 bridgehead atoms. The predicted octanol–water partition coefficient (Wildman–Crippen LogP) is 4.97. The van der Waals surface area contributed by atoms with Gasteiger partial charge in [-0.05, 0) is 46.3 Å². The van der Waals surface area contributed by atoms with Gasteiger partial charge in [-0.3, -0.25) is 9.89 Å². The number of halogens is 3. The van der Waals surface area contributed by atoms with Gasteiger partial charge in [-0.25, -0.2) is 5.43 Å². The van der Waals surface area contributed by atoms with Crippen molar-refractivity contribution in [2.24, 2.45) is 5.10 Å². The number of aromatic amines is 1. The van der Waals surface area contributed by atoms with Crippen LogP contribution in [-0.2, 0) is 0 Å². The molecule has 0 spiro atoms. The fraction of sp³-hybridized carbons (Fsp3) is 0. The van der Waals surface area contributed by atoms with E-state index in [-0.39, 0.29) is 5.69 Å². The van der Waals surface area contributed by atoms with Crippen LogP contribution in [0.2, 0.25) is 10.0 Å². The highest BCUT2D eigenvalue weighted by Crippen LogP contribution is 2.30. The zero-order chi connectivity index (χ0) is 17.1. The van der Waals surface area contributed by atoms with Crippen molar-refractivity contribution >= 4 is 62.6 Å². The third-order valence-electron chi connectivity index (χ3n) is 2.98. The molecule has 0 radical (unpaired) electrons. The highest BCUT2D eigenvalue weighted by Gasteiger charge is 2.12. The molecule has 122 valence electrons. The van der Waals surface area contributed by atoms with Crippen molar-refractivity contribution in [1.82, 2.24) is 15.6 Å². The van der Waals surface area contributed by atoms with E-state index in [1.54, 1.807) is 35.6 Å². The molecule has 1 amide bonds. The second-order valence-electron chi connectivity index (χ2n) is 4.64. The average molecular weight is 444 g/mol. The Labute approximate surface area is 159 Å². The van der Waals surface area contributed by atoms with Gasteiger partial charge in [0, 0.05) is 10.6 Å². The van der Waals surface area contributed by atoms with Crippen LogP contribution in [0.1, 0.15) is 16.1 Å². The number of carbonyl (C=O) groups excluding carboxylic acids is 1. The smallest absolute Gasteiger partial charge is 0.276 e. The molecule has 0 fully saturated rings. The van der Waals surface area contributed by atoms with E-state index in [1.165, 1.54) is 6.21 Å². The number of aromatic nitrogens is 2. The Morgan fingerprint density at radius 1 is 1.29 bits per heavy atom. The largest absolute Gasteiger partial charge is 0.291 e. The van der Waals surface area contributed by atoms with Crippen LogP contribution in [0.3, 0.4) is 0 Å². The zero-order valence-corrected chi connectivity index (χ0v) is 15.8. The van der Waals surface area contributed by atoms with Gasteiger partial charge in [-0.1, -0.05) is 29.3 Å². The highest BCUT2D eigenvalue weighted by atomic mass is 79.9. The maximum Gasteiger partial charge on any atom is 0.291 e. The van der Waals surface area contributed by atoms with Crippen molar-refractivity contribution in [3.63, 3.8) is 0 Å². The maximum atomic E-state index is 12.1. The molecular formula is C15H9BrCl2N4OS. The van der Waals surface area contributed by atoms with E-state index in [4.69, 9.17) is 23.2 Å². The molecule has 0 aliphatic heterocycles. The first kappa shape index (κ1) is 17.2. The molecule has 9 heteroatoms. The number of H-pyrrole nitrogens is 1. The van der Waals surface area contributed by atoms with Crippen LogP contribution in [0, 0.1) is 0 Å². The van der Waals surface area contributed by atoms with Gasteiger partial charge >= 0.3 is 0 Å². The van der Waals surface area contributed by atoms with Gasteiger partial charge in [0.05, 0.1) is 25.6 Å². The van der Waals surface area contributed by atoms with E-state index in [9.17, 15) is 4.79 Å². The van der Waals surface area contributed by atoms with Gasteiger partial charge in [-0.2, -0.15) is 10.2 Å². The Morgan fingerprint density at radius 3 is 2.83 bits per heavy atom. The van der Waals surface area contributed by atoms with Gasteiger partial charge in [0.2, 0.25) is 0 Å². The molecule has 0 saturated carbocycles. The van der Waals surface area contributed by atoms with Crippen molar-refractivity contribution in [2.45, 2.75) is 0 Å². The molecule has 0 saturated heterocycles. The summed E-state index contributed by atoms with van der Waals surface area (Å²) in [6, 6.07) is 10.5. The molecule has 3 aromatic rings. The molecule has 2 aromatic heterocycles. The number of amides is 1. The summed E-state index contributed by atoms with van der Waals surface area (Å²) in [5, 5.41) is 11.7. The van der Waals surface area contributed by atoms with Crippen molar-refractivity contribution in [3.8, 4) is 10.6 Å². The van der Waals surface area contributed by atoms with Crippen molar-refractivity contribution in [2.75, 3.05) is 0 Å². The third-order valence-corrected chi connectivity index (χ3v) is 5.20. The molecule has 0 aliphatic carbocycles. The lowest BCUT2D eigenvalue weighted by Gasteiger charge is -1.98. The standard InChI is InChI=1S/C15H9BrCl2N4OS/c16-14-4-3-13(24-14)11-6-12(21-20-11)15(23)22-19-7-8-1-2-9(17)5-10(8)18/h1-7H,(H,20,21)(H,22,23)/b19-7+. The summed E-state index contributed by atoms with van der Waals surface area (Å²) in [4.78, 5) is 13.0. The topological polar surface area (TPSA) is 70.1 Å². The Kier molecular flexibility index (Phi) is 5.35. The number of carbonyl (C=O) groups is 1. The van der Waals surface area contributed by atoms with E-state index in [0.29, 0.717) is 15.6 Å². The summed E-state index contributed by atoms with van der Waals surface area (Å²) in [5.41, 5.74) is 4.06. The van der Waals surface area contributed by atoms with Crippen LogP contribution in [0.25, 0.3) is 10.6 Å². The fourth-order valence-corrected chi connectivity index (χ4v) is 3.66. The van der Waals surface area contributed by atoms with E-state index in [2.05, 4.69) is 36.7 Å². The van der Waals surface area contributed by atoms with Crippen molar-refractivity contribution < 1.29 is 4.79 Å². The lowest BCUT2D eigenvalue weighted by Crippen LogP contribution is -2.18. The van der Waals surface area contributed by atoms with E-state index in [0.717, 1.165) is 14.4 Å². The van der Waals surface area contributed by atoms with Gasteiger partial charge in [-0.15, -0.1) is 11.3 Å². The van der Waals surface area contributed by atoms with Crippen LogP contribution in [0.5, 0.6) is 0 Å². The Bertz CT molecular complexity index is 922. The minimum Gasteiger partial charge on any atom is -0.276 e. The lowest BCUT2D eigenvalue weighted by atomic mass is 10.2. The molecule has 2 N–H and O–H groups in total. The number of hydrogen-bond donors (Lipinski definition) is 2. The van der Waals surface area contributed by atoms with E-state index in [1.807, 2.05) is 12.1 Å². The summed E-state index contributed by atoms with van der Waals surface area (Å²) in [5.74, 6) is -0.422. The summed E-state index contributed by atoms with van der Waals surface area (Å²) in [6.07, 6.45) is 1.44. The minimum atomic E-state index is -0.422. The molecular weight excluding hydrogens is 435 g/mol. The Hall–Kier alpha value is -1.67. The Morgan fingerprint density at radius 2 is 2.12 bits per heavy atom. The number of nitrogens with one attached hydrogen (secondary N) is 2. The van der Waals surface area contributed by atoms with Gasteiger partial charge in [0.15, 0.2) is 5.69 Å². The first-order valence-corrected chi connectivity index (χ1v) is 8.99. The molecule has 5 nitrogen and oxygen atoms in total. The normalized spacial score (nSPS) is 11.1. The summed E-state index contributed by atoms with van der Waals surface area (Å²) in [7, 11) is 0. The molecule has 0 unspecified atom stereocenters. The van der Waals surface area contributed by atoms with E-state index >= 15 is 0 Å². The number of hydrogen-bond acceptors (Lipinski definition) is 4. The number of rotatable bonds is 4. The fourth-order valence-electron chi connectivity index (χ4n) is 1.85. The highest BCUT2D eigenvalue weighted by molar-refractivity contribution is 9.11. The van der Waals surface area contributed by atoms with Gasteiger partial charge in [0.25, 0.3) is 5.91 Å². The number of hydrazone groups is 1. The van der Waals surface area contributed by atoms with Crippen molar-refractivity contribution in [1.29, 1.82) is 0 Å². The maximum absolute atomic E-state index is 12.1. The van der Waals surface area contributed by atoms with Crippen molar-refractivity contribution in [3.05, 3.63) is 61.5 Å². The molecule has 0 atom stereocenters. The first-order valence-electron chi connectivity index (χ1n) is 6.62. The van der Waals surface area contributed by atoms with Gasteiger partial charge in [0.1, 0.15) is 0 Å². The predicted molar refractivity (Wildman–Crippen MR) is 101 cm³/mol. The number of thiophene rings is 1. The van der Waals surface area contributed by atoms with Crippen LogP contribution in [0.4, 0.5) is 0 Å². The molecule has 24 heavy (non-hydrogen) atoms. The molecule has 3 rings (SSSR count). The number of nitrogens with zero attached hydrogens (tertiary/aromatic N) is 2. The average Bonchev–Trinajstić information content (AvgIpc) is 3.18. The Balaban J connectivity index is 1.67. The van der Waals surface area contributed by atoms with Gasteiger partial charge < -0.3 is 0 Å². The quantitative estimate of drug-likeness (QED) is 0.441.